The second kappa shape index (κ2) is 7.59. The Balaban J connectivity index is 1.55. The van der Waals surface area contributed by atoms with Crippen molar-refractivity contribution in [3.8, 4) is 11.8 Å². The van der Waals surface area contributed by atoms with Crippen LogP contribution in [0.4, 0.5) is 5.00 Å². The van der Waals surface area contributed by atoms with Crippen LogP contribution in [0.5, 0.6) is 5.75 Å². The summed E-state index contributed by atoms with van der Waals surface area (Å²) in [4.78, 5) is 18.1. The van der Waals surface area contributed by atoms with E-state index in [2.05, 4.69) is 16.4 Å². The summed E-state index contributed by atoms with van der Waals surface area (Å²) in [6, 6.07) is 7.47. The number of pyridine rings is 1. The van der Waals surface area contributed by atoms with E-state index < -0.39 is 0 Å². The van der Waals surface area contributed by atoms with Crippen LogP contribution in [-0.2, 0) is 17.6 Å². The van der Waals surface area contributed by atoms with Gasteiger partial charge in [-0.15, -0.1) is 11.3 Å². The molecule has 0 unspecified atom stereocenters. The minimum atomic E-state index is -0.358. The Labute approximate surface area is 175 Å². The minimum Gasteiger partial charge on any atom is -0.480 e. The Morgan fingerprint density at radius 3 is 2.96 bits per heavy atom. The van der Waals surface area contributed by atoms with Gasteiger partial charge in [0.15, 0.2) is 12.4 Å². The molecule has 0 bridgehead atoms. The highest BCUT2D eigenvalue weighted by molar-refractivity contribution is 7.16. The molecule has 4 rings (SSSR count). The number of halogens is 2. The average Bonchev–Trinajstić information content (AvgIpc) is 3.21. The molecule has 1 aliphatic carbocycles. The number of ether oxygens (including phenoxy) is 1. The fourth-order valence-corrected chi connectivity index (χ4v) is 5.17. The van der Waals surface area contributed by atoms with E-state index in [9.17, 15) is 10.1 Å². The number of rotatable bonds is 4. The summed E-state index contributed by atoms with van der Waals surface area (Å²) in [6.07, 6.45) is 2.90. The first-order valence-electron chi connectivity index (χ1n) is 8.70. The van der Waals surface area contributed by atoms with Crippen molar-refractivity contribution in [3.63, 3.8) is 0 Å². The second-order valence-corrected chi connectivity index (χ2v) is 8.45. The molecule has 1 N–H and O–H groups in total. The number of nitriles is 1. The van der Waals surface area contributed by atoms with Gasteiger partial charge in [0.1, 0.15) is 16.6 Å². The number of amides is 1. The minimum absolute atomic E-state index is 0.250. The molecule has 2 aromatic heterocycles. The molecule has 0 aliphatic heterocycles. The first kappa shape index (κ1) is 19.0. The van der Waals surface area contributed by atoms with Crippen LogP contribution in [0.2, 0.25) is 10.0 Å². The van der Waals surface area contributed by atoms with Crippen LogP contribution < -0.4 is 10.1 Å². The van der Waals surface area contributed by atoms with Crippen molar-refractivity contribution in [2.45, 2.75) is 26.2 Å². The molecule has 142 valence electrons. The number of anilines is 1. The predicted molar refractivity (Wildman–Crippen MR) is 112 cm³/mol. The number of nitrogens with zero attached hydrogens (tertiary/aromatic N) is 2. The molecule has 2 heterocycles. The van der Waals surface area contributed by atoms with E-state index in [0.717, 1.165) is 30.5 Å². The number of hydrogen-bond donors (Lipinski definition) is 1. The summed E-state index contributed by atoms with van der Waals surface area (Å²) in [5, 5.41) is 14.3. The quantitative estimate of drug-likeness (QED) is 0.608. The van der Waals surface area contributed by atoms with Gasteiger partial charge in [-0.1, -0.05) is 23.2 Å². The summed E-state index contributed by atoms with van der Waals surface area (Å²) < 4.78 is 5.70. The average molecular weight is 432 g/mol. The largest absolute Gasteiger partial charge is 0.480 e. The third-order valence-electron chi connectivity index (χ3n) is 4.61. The van der Waals surface area contributed by atoms with Crippen molar-refractivity contribution in [3.05, 3.63) is 49.9 Å². The fraction of sp³-hybridized carbons (Fsp3) is 0.250. The van der Waals surface area contributed by atoms with Crippen molar-refractivity contribution in [2.24, 2.45) is 0 Å². The van der Waals surface area contributed by atoms with Crippen LogP contribution in [0, 0.1) is 18.3 Å². The molecule has 0 atom stereocenters. The maximum atomic E-state index is 12.4. The zero-order valence-electron chi connectivity index (χ0n) is 14.9. The number of aryl methyl sites for hydroxylation is 2. The number of thiophene rings is 1. The topological polar surface area (TPSA) is 75.0 Å². The van der Waals surface area contributed by atoms with Gasteiger partial charge < -0.3 is 10.1 Å². The van der Waals surface area contributed by atoms with Crippen molar-refractivity contribution in [1.82, 2.24) is 4.98 Å². The predicted octanol–water partition coefficient (Wildman–Crippen LogP) is 5.29. The lowest BCUT2D eigenvalue weighted by atomic mass is 10.1. The third-order valence-corrected chi connectivity index (χ3v) is 6.41. The maximum Gasteiger partial charge on any atom is 0.262 e. The van der Waals surface area contributed by atoms with Crippen molar-refractivity contribution in [1.29, 1.82) is 5.26 Å². The summed E-state index contributed by atoms with van der Waals surface area (Å²) in [5.41, 5.74) is 2.93. The van der Waals surface area contributed by atoms with Gasteiger partial charge in [-0.3, -0.25) is 4.79 Å². The first-order valence-corrected chi connectivity index (χ1v) is 10.3. The molecular formula is C20H15Cl2N3O2S. The van der Waals surface area contributed by atoms with Crippen molar-refractivity contribution < 1.29 is 9.53 Å². The smallest absolute Gasteiger partial charge is 0.262 e. The molecule has 0 radical (unpaired) electrons. The lowest BCUT2D eigenvalue weighted by Gasteiger charge is -2.12. The monoisotopic (exact) mass is 431 g/mol. The lowest BCUT2D eigenvalue weighted by molar-refractivity contribution is -0.118. The normalized spacial score (nSPS) is 12.6. The Morgan fingerprint density at radius 1 is 1.36 bits per heavy atom. The molecule has 5 nitrogen and oxygen atoms in total. The van der Waals surface area contributed by atoms with Gasteiger partial charge in [0.25, 0.3) is 5.91 Å². The van der Waals surface area contributed by atoms with Crippen LogP contribution in [0.3, 0.4) is 0 Å². The van der Waals surface area contributed by atoms with E-state index in [1.165, 1.54) is 16.2 Å². The number of carbonyl (C=O) groups is 1. The van der Waals surface area contributed by atoms with E-state index in [0.29, 0.717) is 32.2 Å². The maximum absolute atomic E-state index is 12.4. The summed E-state index contributed by atoms with van der Waals surface area (Å²) >= 11 is 14.0. The van der Waals surface area contributed by atoms with Crippen LogP contribution in [-0.4, -0.2) is 17.5 Å². The number of nitrogens with one attached hydrogen (secondary N) is 1. The van der Waals surface area contributed by atoms with E-state index in [4.69, 9.17) is 27.9 Å². The number of benzene rings is 1. The molecule has 3 aromatic rings. The first-order chi connectivity index (χ1) is 13.5. The van der Waals surface area contributed by atoms with Gasteiger partial charge in [-0.2, -0.15) is 5.26 Å². The molecule has 0 saturated heterocycles. The number of carbonyl (C=O) groups excluding carboxylic acids is 1. The Bertz CT molecular complexity index is 1150. The molecule has 1 aliphatic rings. The van der Waals surface area contributed by atoms with Gasteiger partial charge in [-0.05, 0) is 49.9 Å². The van der Waals surface area contributed by atoms with Crippen LogP contribution >= 0.6 is 34.5 Å². The standard InChI is InChI=1S/C20H15Cl2N3O2S/c1-10-5-6-12-14(21)7-15(22)19(18(12)24-10)27-9-17(26)25-20-13(8-23)11-3-2-4-16(11)28-20/h5-7H,2-4,9H2,1H3,(H,25,26). The molecule has 0 fully saturated rings. The molecule has 1 amide bonds. The molecule has 0 saturated carbocycles. The van der Waals surface area contributed by atoms with E-state index in [1.807, 2.05) is 19.1 Å². The lowest BCUT2D eigenvalue weighted by Crippen LogP contribution is -2.20. The molecule has 8 heteroatoms. The molecular weight excluding hydrogens is 417 g/mol. The molecule has 1 aromatic carbocycles. The third kappa shape index (κ3) is 3.42. The zero-order valence-corrected chi connectivity index (χ0v) is 17.3. The highest BCUT2D eigenvalue weighted by Crippen LogP contribution is 2.39. The number of aromatic nitrogens is 1. The summed E-state index contributed by atoms with van der Waals surface area (Å²) in [6.45, 7) is 1.60. The van der Waals surface area contributed by atoms with Gasteiger partial charge in [-0.25, -0.2) is 4.98 Å². The SMILES string of the molecule is Cc1ccc2c(Cl)cc(Cl)c(OCC(=O)Nc3sc4c(c3C#N)CCC4)c2n1. The van der Waals surface area contributed by atoms with E-state index in [1.54, 1.807) is 6.07 Å². The zero-order chi connectivity index (χ0) is 19.8. The Kier molecular flexibility index (Phi) is 5.15. The summed E-state index contributed by atoms with van der Waals surface area (Å²) in [7, 11) is 0. The van der Waals surface area contributed by atoms with Crippen LogP contribution in [0.25, 0.3) is 10.9 Å². The van der Waals surface area contributed by atoms with Crippen LogP contribution in [0.15, 0.2) is 18.2 Å². The van der Waals surface area contributed by atoms with Gasteiger partial charge in [0, 0.05) is 16.0 Å². The van der Waals surface area contributed by atoms with Gasteiger partial charge in [0.05, 0.1) is 15.6 Å². The summed E-state index contributed by atoms with van der Waals surface area (Å²) in [5.74, 6) is -0.0441. The Morgan fingerprint density at radius 2 is 2.18 bits per heavy atom. The van der Waals surface area contributed by atoms with Crippen LogP contribution in [0.1, 0.15) is 28.1 Å². The van der Waals surface area contributed by atoms with Gasteiger partial charge in [0.2, 0.25) is 0 Å². The highest BCUT2D eigenvalue weighted by atomic mass is 35.5. The molecule has 0 spiro atoms. The molecule has 28 heavy (non-hydrogen) atoms. The van der Waals surface area contributed by atoms with E-state index >= 15 is 0 Å². The number of fused-ring (bicyclic) bond motifs is 2. The number of hydrogen-bond acceptors (Lipinski definition) is 5. The highest BCUT2D eigenvalue weighted by Gasteiger charge is 2.23. The van der Waals surface area contributed by atoms with Crippen molar-refractivity contribution >= 4 is 56.3 Å². The Hall–Kier alpha value is -2.33. The second-order valence-electron chi connectivity index (χ2n) is 6.53. The fourth-order valence-electron chi connectivity index (χ4n) is 3.34. The van der Waals surface area contributed by atoms with Gasteiger partial charge >= 0.3 is 0 Å². The van der Waals surface area contributed by atoms with Crippen molar-refractivity contribution in [2.75, 3.05) is 11.9 Å². The van der Waals surface area contributed by atoms with E-state index in [-0.39, 0.29) is 17.5 Å².